The number of benzene rings is 1. The van der Waals surface area contributed by atoms with Crippen LogP contribution in [-0.4, -0.2) is 14.2 Å². The fraction of sp³-hybridized carbons (Fsp3) is 0.400. The lowest BCUT2D eigenvalue weighted by Gasteiger charge is -2.17. The summed E-state index contributed by atoms with van der Waals surface area (Å²) in [6.07, 6.45) is 1.05. The summed E-state index contributed by atoms with van der Waals surface area (Å²) in [6.45, 7) is 6.95. The zero-order valence-electron chi connectivity index (χ0n) is 8.70. The molecule has 1 N–H and O–H groups in total. The Morgan fingerprint density at radius 2 is 1.79 bits per heavy atom. The maximum absolute atomic E-state index is 5.90. The zero-order chi connectivity index (χ0) is 10.8. The highest BCUT2D eigenvalue weighted by Gasteiger charge is 2.12. The maximum atomic E-state index is 5.90. The van der Waals surface area contributed by atoms with Gasteiger partial charge in [-0.2, -0.15) is 0 Å². The van der Waals surface area contributed by atoms with Gasteiger partial charge in [0.25, 0.3) is 0 Å². The van der Waals surface area contributed by atoms with E-state index in [0.29, 0.717) is 10.0 Å². The summed E-state index contributed by atoms with van der Waals surface area (Å²) in [4.78, 5) is 0. The van der Waals surface area contributed by atoms with Crippen LogP contribution in [0.3, 0.4) is 0 Å². The fourth-order valence-electron chi connectivity index (χ4n) is 0.973. The normalized spacial score (nSPS) is 11.5. The third kappa shape index (κ3) is 3.90. The van der Waals surface area contributed by atoms with Crippen LogP contribution in [0.1, 0.15) is 0 Å². The van der Waals surface area contributed by atoms with Crippen LogP contribution in [0.2, 0.25) is 29.7 Å². The summed E-state index contributed by atoms with van der Waals surface area (Å²) in [5.41, 5.74) is 1.04. The predicted octanol–water partition coefficient (Wildman–Crippen LogP) is 4.28. The van der Waals surface area contributed by atoms with E-state index < -0.39 is 8.07 Å². The molecule has 0 saturated heterocycles. The van der Waals surface area contributed by atoms with Gasteiger partial charge in [0.2, 0.25) is 0 Å². The molecule has 0 heterocycles. The van der Waals surface area contributed by atoms with Crippen molar-refractivity contribution in [3.8, 4) is 0 Å². The van der Waals surface area contributed by atoms with E-state index in [-0.39, 0.29) is 0 Å². The highest BCUT2D eigenvalue weighted by Crippen LogP contribution is 2.25. The van der Waals surface area contributed by atoms with E-state index in [9.17, 15) is 0 Å². The monoisotopic (exact) mass is 247 g/mol. The Bertz CT molecular complexity index is 320. The second kappa shape index (κ2) is 4.56. The Morgan fingerprint density at radius 1 is 1.14 bits per heavy atom. The molecular formula is C10H15Cl2NSi. The highest BCUT2D eigenvalue weighted by atomic mass is 35.5. The summed E-state index contributed by atoms with van der Waals surface area (Å²) in [5, 5.41) is 4.58. The first-order chi connectivity index (χ1) is 6.38. The van der Waals surface area contributed by atoms with Crippen LogP contribution in [0.25, 0.3) is 0 Å². The lowest BCUT2D eigenvalue weighted by molar-refractivity contribution is 1.36. The van der Waals surface area contributed by atoms with Crippen molar-refractivity contribution < 1.29 is 0 Å². The highest BCUT2D eigenvalue weighted by molar-refractivity contribution is 6.76. The van der Waals surface area contributed by atoms with Gasteiger partial charge in [0.15, 0.2) is 0 Å². The Balaban J connectivity index is 2.65. The van der Waals surface area contributed by atoms with Crippen LogP contribution >= 0.6 is 23.2 Å². The van der Waals surface area contributed by atoms with Gasteiger partial charge >= 0.3 is 0 Å². The molecule has 0 aromatic heterocycles. The SMILES string of the molecule is C[Si](C)(C)CNc1ccc(Cl)c(Cl)c1. The molecule has 0 aliphatic rings. The van der Waals surface area contributed by atoms with E-state index in [1.54, 1.807) is 0 Å². The van der Waals surface area contributed by atoms with Crippen molar-refractivity contribution in [1.82, 2.24) is 0 Å². The topological polar surface area (TPSA) is 12.0 Å². The van der Waals surface area contributed by atoms with Crippen molar-refractivity contribution in [1.29, 1.82) is 0 Å². The van der Waals surface area contributed by atoms with Gasteiger partial charge in [0, 0.05) is 11.9 Å². The van der Waals surface area contributed by atoms with E-state index >= 15 is 0 Å². The Hall–Kier alpha value is -0.183. The fourth-order valence-corrected chi connectivity index (χ4v) is 2.01. The molecule has 78 valence electrons. The first-order valence-corrected chi connectivity index (χ1v) is 9.04. The smallest absolute Gasteiger partial charge is 0.0662 e. The van der Waals surface area contributed by atoms with Crippen molar-refractivity contribution in [2.45, 2.75) is 19.6 Å². The Kier molecular flexibility index (Phi) is 3.87. The van der Waals surface area contributed by atoms with Crippen LogP contribution in [0.15, 0.2) is 18.2 Å². The quantitative estimate of drug-likeness (QED) is 0.787. The third-order valence-corrected chi connectivity index (χ3v) is 3.72. The van der Waals surface area contributed by atoms with Crippen molar-refractivity contribution in [2.75, 3.05) is 11.5 Å². The molecule has 14 heavy (non-hydrogen) atoms. The molecule has 0 atom stereocenters. The number of hydrogen-bond acceptors (Lipinski definition) is 1. The number of halogens is 2. The largest absolute Gasteiger partial charge is 0.388 e. The minimum absolute atomic E-state index is 0.602. The molecule has 0 radical (unpaired) electrons. The second-order valence-corrected chi connectivity index (χ2v) is 10.8. The lowest BCUT2D eigenvalue weighted by atomic mass is 10.3. The van der Waals surface area contributed by atoms with Gasteiger partial charge < -0.3 is 5.32 Å². The first kappa shape index (κ1) is 11.9. The van der Waals surface area contributed by atoms with Gasteiger partial charge in [-0.05, 0) is 18.2 Å². The molecule has 1 nitrogen and oxygen atoms in total. The molecule has 0 aliphatic carbocycles. The van der Waals surface area contributed by atoms with Crippen LogP contribution in [0, 0.1) is 0 Å². The van der Waals surface area contributed by atoms with Gasteiger partial charge in [-0.3, -0.25) is 0 Å². The molecule has 0 saturated carbocycles. The number of anilines is 1. The maximum Gasteiger partial charge on any atom is 0.0662 e. The van der Waals surface area contributed by atoms with Crippen LogP contribution in [-0.2, 0) is 0 Å². The molecule has 0 fully saturated rings. The molecule has 4 heteroatoms. The van der Waals surface area contributed by atoms with Crippen LogP contribution in [0.4, 0.5) is 5.69 Å². The molecule has 0 aliphatic heterocycles. The first-order valence-electron chi connectivity index (χ1n) is 4.57. The number of nitrogens with one attached hydrogen (secondary N) is 1. The van der Waals surface area contributed by atoms with E-state index in [1.165, 1.54) is 0 Å². The van der Waals surface area contributed by atoms with Gasteiger partial charge in [-0.25, -0.2) is 0 Å². The minimum Gasteiger partial charge on any atom is -0.388 e. The summed E-state index contributed by atoms with van der Waals surface area (Å²) in [6, 6.07) is 5.63. The average molecular weight is 248 g/mol. The van der Waals surface area contributed by atoms with Crippen molar-refractivity contribution >= 4 is 37.0 Å². The van der Waals surface area contributed by atoms with Gasteiger partial charge in [-0.15, -0.1) is 0 Å². The molecule has 1 aromatic carbocycles. The molecule has 0 bridgehead atoms. The van der Waals surface area contributed by atoms with E-state index in [2.05, 4.69) is 25.0 Å². The number of hydrogen-bond donors (Lipinski definition) is 1. The average Bonchev–Trinajstić information content (AvgIpc) is 2.06. The molecule has 0 spiro atoms. The van der Waals surface area contributed by atoms with Crippen LogP contribution < -0.4 is 5.32 Å². The third-order valence-electron chi connectivity index (χ3n) is 1.74. The summed E-state index contributed by atoms with van der Waals surface area (Å²) in [7, 11) is -1.06. The predicted molar refractivity (Wildman–Crippen MR) is 68.3 cm³/mol. The number of rotatable bonds is 3. The summed E-state index contributed by atoms with van der Waals surface area (Å²) >= 11 is 11.7. The summed E-state index contributed by atoms with van der Waals surface area (Å²) in [5.74, 6) is 0. The van der Waals surface area contributed by atoms with Gasteiger partial charge in [0.1, 0.15) is 0 Å². The summed E-state index contributed by atoms with van der Waals surface area (Å²) < 4.78 is 0. The zero-order valence-corrected chi connectivity index (χ0v) is 11.2. The molecule has 1 rings (SSSR count). The van der Waals surface area contributed by atoms with Crippen LogP contribution in [0.5, 0.6) is 0 Å². The standard InChI is InChI=1S/C10H15Cl2NSi/c1-14(2,3)7-13-8-4-5-9(11)10(12)6-8/h4-6,13H,7H2,1-3H3. The van der Waals surface area contributed by atoms with Crippen molar-refractivity contribution in [2.24, 2.45) is 0 Å². The molecule has 1 aromatic rings. The Morgan fingerprint density at radius 3 is 2.29 bits per heavy atom. The lowest BCUT2D eigenvalue weighted by Crippen LogP contribution is -2.31. The second-order valence-electron chi connectivity index (χ2n) is 4.54. The van der Waals surface area contributed by atoms with Crippen molar-refractivity contribution in [3.05, 3.63) is 28.2 Å². The molecule has 0 unspecified atom stereocenters. The minimum atomic E-state index is -1.06. The van der Waals surface area contributed by atoms with Gasteiger partial charge in [0.05, 0.1) is 18.1 Å². The molecular weight excluding hydrogens is 233 g/mol. The van der Waals surface area contributed by atoms with Crippen molar-refractivity contribution in [3.63, 3.8) is 0 Å². The van der Waals surface area contributed by atoms with Gasteiger partial charge in [-0.1, -0.05) is 42.8 Å². The van der Waals surface area contributed by atoms with E-state index in [1.807, 2.05) is 18.2 Å². The van der Waals surface area contributed by atoms with E-state index in [4.69, 9.17) is 23.2 Å². The Labute approximate surface area is 96.4 Å². The van der Waals surface area contributed by atoms with E-state index in [0.717, 1.165) is 11.9 Å². The molecule has 0 amide bonds.